The van der Waals surface area contributed by atoms with Crippen LogP contribution in [0.3, 0.4) is 0 Å². The second kappa shape index (κ2) is 9.20. The Morgan fingerprint density at radius 1 is 1.21 bits per heavy atom. The fourth-order valence-electron chi connectivity index (χ4n) is 3.87. The van der Waals surface area contributed by atoms with Crippen molar-refractivity contribution in [2.75, 3.05) is 50.0 Å². The summed E-state index contributed by atoms with van der Waals surface area (Å²) in [5.74, 6) is -0.346. The van der Waals surface area contributed by atoms with Crippen molar-refractivity contribution in [3.05, 3.63) is 53.6 Å². The van der Waals surface area contributed by atoms with Crippen LogP contribution in [-0.4, -0.2) is 56.4 Å². The van der Waals surface area contributed by atoms with Crippen molar-refractivity contribution in [3.8, 4) is 0 Å². The maximum absolute atomic E-state index is 12.3. The minimum atomic E-state index is -0.329. The normalized spacial score (nSPS) is 19.3. The average molecular weight is 393 g/mol. The number of carbonyl (C=O) groups excluding carboxylic acids is 1. The molecule has 0 radical (unpaired) electrons. The van der Waals surface area contributed by atoms with Gasteiger partial charge in [-0.1, -0.05) is 12.1 Å². The van der Waals surface area contributed by atoms with Gasteiger partial charge >= 0.3 is 0 Å². The number of ether oxygens (including phenoxy) is 1. The molecule has 2 heterocycles. The highest BCUT2D eigenvalue weighted by Gasteiger charge is 2.30. The molecule has 1 amide bonds. The lowest BCUT2D eigenvalue weighted by Gasteiger charge is -2.26. The molecule has 2 aliphatic rings. The van der Waals surface area contributed by atoms with Gasteiger partial charge in [-0.3, -0.25) is 14.7 Å². The number of benzene rings is 2. The van der Waals surface area contributed by atoms with Crippen molar-refractivity contribution in [1.29, 1.82) is 0 Å². The summed E-state index contributed by atoms with van der Waals surface area (Å²) in [6.45, 7) is 7.85. The molecule has 0 bridgehead atoms. The zero-order valence-corrected chi connectivity index (χ0v) is 16.9. The fraction of sp³-hybridized carbons (Fsp3) is 0.391. The van der Waals surface area contributed by atoms with Crippen molar-refractivity contribution in [1.82, 2.24) is 4.90 Å². The van der Waals surface area contributed by atoms with Crippen molar-refractivity contribution in [3.63, 3.8) is 0 Å². The molecule has 2 aliphatic heterocycles. The standard InChI is InChI=1S/C23H28N4O2/c1-17-4-2-5-21-22(17)20(23(28)26-21)16-25-19-8-6-18(7-9-19)24-10-3-11-27-12-14-29-15-13-27/h2,4-9,16,20,24H,3,10-15H2,1H3,(H,26,28). The van der Waals surface area contributed by atoms with E-state index in [2.05, 4.69) is 20.5 Å². The predicted molar refractivity (Wildman–Crippen MR) is 118 cm³/mol. The summed E-state index contributed by atoms with van der Waals surface area (Å²) in [5.41, 5.74) is 4.96. The number of nitrogens with one attached hydrogen (secondary N) is 2. The third-order valence-corrected chi connectivity index (χ3v) is 5.50. The van der Waals surface area contributed by atoms with Gasteiger partial charge < -0.3 is 15.4 Å². The molecule has 6 nitrogen and oxygen atoms in total. The van der Waals surface area contributed by atoms with Crippen molar-refractivity contribution in [2.24, 2.45) is 4.99 Å². The van der Waals surface area contributed by atoms with Gasteiger partial charge in [-0.15, -0.1) is 0 Å². The van der Waals surface area contributed by atoms with Crippen LogP contribution in [0.4, 0.5) is 17.1 Å². The molecule has 0 saturated carbocycles. The molecule has 0 aliphatic carbocycles. The molecule has 1 fully saturated rings. The number of fused-ring (bicyclic) bond motifs is 1. The van der Waals surface area contributed by atoms with Crippen LogP contribution < -0.4 is 10.6 Å². The van der Waals surface area contributed by atoms with E-state index in [-0.39, 0.29) is 11.8 Å². The molecular formula is C23H28N4O2. The smallest absolute Gasteiger partial charge is 0.237 e. The topological polar surface area (TPSA) is 66.0 Å². The third kappa shape index (κ3) is 4.83. The summed E-state index contributed by atoms with van der Waals surface area (Å²) < 4.78 is 5.38. The molecule has 1 saturated heterocycles. The van der Waals surface area contributed by atoms with E-state index >= 15 is 0 Å². The Labute approximate surface area is 172 Å². The van der Waals surface area contributed by atoms with Crippen molar-refractivity contribution >= 4 is 29.2 Å². The Hall–Kier alpha value is -2.70. The summed E-state index contributed by atoms with van der Waals surface area (Å²) in [4.78, 5) is 19.3. The molecule has 152 valence electrons. The van der Waals surface area contributed by atoms with Crippen LogP contribution in [-0.2, 0) is 9.53 Å². The van der Waals surface area contributed by atoms with E-state index in [9.17, 15) is 4.79 Å². The highest BCUT2D eigenvalue weighted by Crippen LogP contribution is 2.34. The highest BCUT2D eigenvalue weighted by molar-refractivity contribution is 6.13. The number of amides is 1. The number of hydrogen-bond donors (Lipinski definition) is 2. The van der Waals surface area contributed by atoms with E-state index in [0.29, 0.717) is 0 Å². The third-order valence-electron chi connectivity index (χ3n) is 5.50. The number of hydrogen-bond acceptors (Lipinski definition) is 5. The first-order valence-electron chi connectivity index (χ1n) is 10.3. The molecule has 1 atom stereocenters. The number of carbonyl (C=O) groups is 1. The summed E-state index contributed by atoms with van der Waals surface area (Å²) in [6, 6.07) is 14.0. The van der Waals surface area contributed by atoms with Crippen LogP contribution >= 0.6 is 0 Å². The number of anilines is 2. The maximum atomic E-state index is 12.3. The van der Waals surface area contributed by atoms with Crippen molar-refractivity contribution < 1.29 is 9.53 Å². The van der Waals surface area contributed by atoms with Gasteiger partial charge in [0, 0.05) is 37.2 Å². The van der Waals surface area contributed by atoms with Crippen LogP contribution in [0.1, 0.15) is 23.5 Å². The van der Waals surface area contributed by atoms with Crippen LogP contribution in [0, 0.1) is 6.92 Å². The van der Waals surface area contributed by atoms with E-state index in [4.69, 9.17) is 4.74 Å². The van der Waals surface area contributed by atoms with Gasteiger partial charge in [-0.05, 0) is 61.3 Å². The Kier molecular flexibility index (Phi) is 6.22. The van der Waals surface area contributed by atoms with E-state index in [0.717, 1.165) is 74.0 Å². The predicted octanol–water partition coefficient (Wildman–Crippen LogP) is 3.57. The van der Waals surface area contributed by atoms with E-state index in [1.54, 1.807) is 6.21 Å². The first kappa shape index (κ1) is 19.6. The van der Waals surface area contributed by atoms with Gasteiger partial charge in [0.05, 0.1) is 18.9 Å². The molecule has 1 unspecified atom stereocenters. The van der Waals surface area contributed by atoms with Crippen LogP contribution in [0.15, 0.2) is 47.5 Å². The molecule has 2 N–H and O–H groups in total. The summed E-state index contributed by atoms with van der Waals surface area (Å²) >= 11 is 0. The van der Waals surface area contributed by atoms with Gasteiger partial charge in [-0.25, -0.2) is 0 Å². The Morgan fingerprint density at radius 2 is 2.00 bits per heavy atom. The van der Waals surface area contributed by atoms with Gasteiger partial charge in [0.25, 0.3) is 0 Å². The molecule has 6 heteroatoms. The van der Waals surface area contributed by atoms with Gasteiger partial charge in [0.1, 0.15) is 5.92 Å². The number of aliphatic imine (C=N–C) groups is 1. The van der Waals surface area contributed by atoms with Gasteiger partial charge in [0.2, 0.25) is 5.91 Å². The largest absolute Gasteiger partial charge is 0.385 e. The lowest BCUT2D eigenvalue weighted by atomic mass is 9.97. The zero-order chi connectivity index (χ0) is 20.1. The van der Waals surface area contributed by atoms with Gasteiger partial charge in [0.15, 0.2) is 0 Å². The monoisotopic (exact) mass is 392 g/mol. The van der Waals surface area contributed by atoms with E-state index < -0.39 is 0 Å². The van der Waals surface area contributed by atoms with Crippen LogP contribution in [0.25, 0.3) is 0 Å². The number of morpholine rings is 1. The minimum absolute atomic E-state index is 0.0170. The van der Waals surface area contributed by atoms with E-state index in [1.165, 1.54) is 0 Å². The molecular weight excluding hydrogens is 364 g/mol. The number of nitrogens with zero attached hydrogens (tertiary/aromatic N) is 2. The fourth-order valence-corrected chi connectivity index (χ4v) is 3.87. The zero-order valence-electron chi connectivity index (χ0n) is 16.9. The molecule has 0 spiro atoms. The quantitative estimate of drug-likeness (QED) is 0.558. The highest BCUT2D eigenvalue weighted by atomic mass is 16.5. The first-order valence-corrected chi connectivity index (χ1v) is 10.3. The van der Waals surface area contributed by atoms with Gasteiger partial charge in [-0.2, -0.15) is 0 Å². The molecule has 4 rings (SSSR count). The average Bonchev–Trinajstić information content (AvgIpc) is 3.07. The Balaban J connectivity index is 1.29. The minimum Gasteiger partial charge on any atom is -0.385 e. The maximum Gasteiger partial charge on any atom is 0.237 e. The molecule has 2 aromatic rings. The summed E-state index contributed by atoms with van der Waals surface area (Å²) in [6.07, 6.45) is 2.86. The Bertz CT molecular complexity index is 873. The summed E-state index contributed by atoms with van der Waals surface area (Å²) in [5, 5.41) is 6.40. The lowest BCUT2D eigenvalue weighted by molar-refractivity contribution is -0.115. The Morgan fingerprint density at radius 3 is 2.79 bits per heavy atom. The second-order valence-electron chi connectivity index (χ2n) is 7.56. The molecule has 29 heavy (non-hydrogen) atoms. The summed E-state index contributed by atoms with van der Waals surface area (Å²) in [7, 11) is 0. The van der Waals surface area contributed by atoms with E-state index in [1.807, 2.05) is 49.4 Å². The number of rotatable bonds is 7. The second-order valence-corrected chi connectivity index (χ2v) is 7.56. The van der Waals surface area contributed by atoms with Crippen molar-refractivity contribution in [2.45, 2.75) is 19.3 Å². The lowest BCUT2D eigenvalue weighted by Crippen LogP contribution is -2.37. The number of aryl methyl sites for hydroxylation is 1. The molecule has 2 aromatic carbocycles. The van der Waals surface area contributed by atoms with Crippen LogP contribution in [0.2, 0.25) is 0 Å². The van der Waals surface area contributed by atoms with Crippen LogP contribution in [0.5, 0.6) is 0 Å². The molecule has 0 aromatic heterocycles. The SMILES string of the molecule is Cc1cccc2c1C(C=Nc1ccc(NCCCN3CCOCC3)cc1)C(=O)N2. The first-order chi connectivity index (χ1) is 14.2.